The number of aromatic nitrogens is 1. The van der Waals surface area contributed by atoms with E-state index in [2.05, 4.69) is 26.2 Å². The summed E-state index contributed by atoms with van der Waals surface area (Å²) < 4.78 is 0.457. The molecule has 0 aliphatic heterocycles. The number of benzene rings is 1. The van der Waals surface area contributed by atoms with Crippen molar-refractivity contribution in [3.05, 3.63) is 61.7 Å². The molecular weight excluding hydrogens is 390 g/mol. The van der Waals surface area contributed by atoms with Crippen molar-refractivity contribution < 1.29 is 14.8 Å². The van der Waals surface area contributed by atoms with Gasteiger partial charge in [0, 0.05) is 12.5 Å². The first-order valence-corrected chi connectivity index (χ1v) is 8.43. The Kier molecular flexibility index (Phi) is 6.08. The van der Waals surface area contributed by atoms with Crippen LogP contribution in [0.2, 0.25) is 0 Å². The SMILES string of the molecule is Cc1ccc(C)c(C(CCC(=O)O)Nc2nc(Br)ccc2[N+](=O)[O-])c1. The van der Waals surface area contributed by atoms with Crippen LogP contribution in [-0.2, 0) is 4.79 Å². The van der Waals surface area contributed by atoms with Gasteiger partial charge in [0.15, 0.2) is 0 Å². The van der Waals surface area contributed by atoms with E-state index in [9.17, 15) is 14.9 Å². The summed E-state index contributed by atoms with van der Waals surface area (Å²) in [6, 6.07) is 8.31. The zero-order valence-electron chi connectivity index (χ0n) is 13.8. The summed E-state index contributed by atoms with van der Waals surface area (Å²) in [6.45, 7) is 3.87. The third-order valence-corrected chi connectivity index (χ3v) is 4.25. The third kappa shape index (κ3) is 4.99. The number of hydrogen-bond acceptors (Lipinski definition) is 5. The minimum Gasteiger partial charge on any atom is -0.481 e. The highest BCUT2D eigenvalue weighted by atomic mass is 79.9. The molecule has 7 nitrogen and oxygen atoms in total. The summed E-state index contributed by atoms with van der Waals surface area (Å²) in [4.78, 5) is 25.9. The summed E-state index contributed by atoms with van der Waals surface area (Å²) in [6.07, 6.45) is 0.220. The van der Waals surface area contributed by atoms with Crippen molar-refractivity contribution >= 4 is 33.4 Å². The zero-order valence-corrected chi connectivity index (χ0v) is 15.4. The second-order valence-corrected chi connectivity index (χ2v) is 6.56. The first kappa shape index (κ1) is 18.9. The summed E-state index contributed by atoms with van der Waals surface area (Å²) in [5, 5.41) is 23.3. The Hall–Kier alpha value is -2.48. The predicted octanol–water partition coefficient (Wildman–Crippen LogP) is 4.39. The number of carboxylic acids is 1. The summed E-state index contributed by atoms with van der Waals surface area (Å²) >= 11 is 3.21. The molecule has 2 aromatic rings. The molecule has 0 saturated heterocycles. The molecule has 1 aromatic heterocycles. The second-order valence-electron chi connectivity index (χ2n) is 5.75. The number of carbonyl (C=O) groups is 1. The predicted molar refractivity (Wildman–Crippen MR) is 97.7 cm³/mol. The van der Waals surface area contributed by atoms with Crippen LogP contribution in [0.1, 0.15) is 35.6 Å². The molecule has 132 valence electrons. The van der Waals surface area contributed by atoms with Crippen LogP contribution in [0.15, 0.2) is 34.9 Å². The largest absolute Gasteiger partial charge is 0.481 e. The van der Waals surface area contributed by atoms with Gasteiger partial charge in [-0.25, -0.2) is 4.98 Å². The van der Waals surface area contributed by atoms with Crippen LogP contribution in [0.3, 0.4) is 0 Å². The minimum atomic E-state index is -0.922. The normalized spacial score (nSPS) is 11.8. The molecule has 2 N–H and O–H groups in total. The lowest BCUT2D eigenvalue weighted by atomic mass is 9.95. The molecule has 1 heterocycles. The number of halogens is 1. The number of hydrogen-bond donors (Lipinski definition) is 2. The molecule has 0 aliphatic carbocycles. The van der Waals surface area contributed by atoms with Gasteiger partial charge in [-0.15, -0.1) is 0 Å². The van der Waals surface area contributed by atoms with E-state index >= 15 is 0 Å². The van der Waals surface area contributed by atoms with Crippen molar-refractivity contribution in [3.8, 4) is 0 Å². The van der Waals surface area contributed by atoms with Gasteiger partial charge < -0.3 is 10.4 Å². The Morgan fingerprint density at radius 2 is 2.08 bits per heavy atom. The molecule has 1 unspecified atom stereocenters. The number of anilines is 1. The Morgan fingerprint density at radius 1 is 1.36 bits per heavy atom. The monoisotopic (exact) mass is 407 g/mol. The first-order chi connectivity index (χ1) is 11.8. The lowest BCUT2D eigenvalue weighted by Gasteiger charge is -2.21. The molecule has 0 bridgehead atoms. The lowest BCUT2D eigenvalue weighted by molar-refractivity contribution is -0.384. The fourth-order valence-corrected chi connectivity index (χ4v) is 2.86. The number of carboxylic acid groups (broad SMARTS) is 1. The van der Waals surface area contributed by atoms with Crippen LogP contribution in [0.4, 0.5) is 11.5 Å². The molecule has 2 rings (SSSR count). The quantitative estimate of drug-likeness (QED) is 0.400. The first-order valence-electron chi connectivity index (χ1n) is 7.64. The van der Waals surface area contributed by atoms with Crippen molar-refractivity contribution in [2.24, 2.45) is 0 Å². The number of pyridine rings is 1. The van der Waals surface area contributed by atoms with Crippen LogP contribution in [-0.4, -0.2) is 21.0 Å². The van der Waals surface area contributed by atoms with Crippen molar-refractivity contribution in [2.45, 2.75) is 32.7 Å². The molecule has 0 saturated carbocycles. The maximum absolute atomic E-state index is 11.3. The van der Waals surface area contributed by atoms with E-state index in [-0.39, 0.29) is 24.3 Å². The number of aryl methyl sites for hydroxylation is 2. The molecule has 0 amide bonds. The number of nitro groups is 1. The summed E-state index contributed by atoms with van der Waals surface area (Å²) in [5.74, 6) is -0.815. The van der Waals surface area contributed by atoms with Crippen molar-refractivity contribution in [1.82, 2.24) is 4.98 Å². The maximum atomic E-state index is 11.3. The molecule has 0 aliphatic rings. The van der Waals surface area contributed by atoms with Gasteiger partial charge in [-0.2, -0.15) is 0 Å². The molecule has 0 fully saturated rings. The van der Waals surface area contributed by atoms with Crippen molar-refractivity contribution in [3.63, 3.8) is 0 Å². The van der Waals surface area contributed by atoms with Crippen LogP contribution >= 0.6 is 15.9 Å². The molecule has 1 atom stereocenters. The number of nitrogens with one attached hydrogen (secondary N) is 1. The van der Waals surface area contributed by atoms with E-state index in [1.165, 1.54) is 12.1 Å². The highest BCUT2D eigenvalue weighted by Crippen LogP contribution is 2.31. The average Bonchev–Trinajstić information content (AvgIpc) is 2.53. The third-order valence-electron chi connectivity index (χ3n) is 3.80. The molecule has 0 spiro atoms. The number of rotatable bonds is 7. The molecule has 1 aromatic carbocycles. The fourth-order valence-electron chi connectivity index (χ4n) is 2.56. The molecule has 8 heteroatoms. The van der Waals surface area contributed by atoms with Gasteiger partial charge in [0.25, 0.3) is 0 Å². The standard InChI is InChI=1S/C17H18BrN3O4/c1-10-3-4-11(2)12(9-10)13(5-8-16(22)23)19-17-14(21(24)25)6-7-15(18)20-17/h3-4,6-7,9,13H,5,8H2,1-2H3,(H,19,20)(H,22,23). The van der Waals surface area contributed by atoms with E-state index in [0.717, 1.165) is 16.7 Å². The highest BCUT2D eigenvalue weighted by Gasteiger charge is 2.22. The van der Waals surface area contributed by atoms with Gasteiger partial charge in [0.05, 0.1) is 11.0 Å². The summed E-state index contributed by atoms with van der Waals surface area (Å²) in [7, 11) is 0. The van der Waals surface area contributed by atoms with Gasteiger partial charge in [-0.3, -0.25) is 14.9 Å². The lowest BCUT2D eigenvalue weighted by Crippen LogP contribution is -2.16. The average molecular weight is 408 g/mol. The maximum Gasteiger partial charge on any atom is 0.311 e. The Morgan fingerprint density at radius 3 is 2.72 bits per heavy atom. The van der Waals surface area contributed by atoms with Gasteiger partial charge in [0.1, 0.15) is 4.60 Å². The van der Waals surface area contributed by atoms with Crippen molar-refractivity contribution in [1.29, 1.82) is 0 Å². The van der Waals surface area contributed by atoms with E-state index < -0.39 is 16.9 Å². The van der Waals surface area contributed by atoms with Crippen LogP contribution in [0.25, 0.3) is 0 Å². The van der Waals surface area contributed by atoms with Crippen LogP contribution in [0.5, 0.6) is 0 Å². The minimum absolute atomic E-state index is 0.0626. The van der Waals surface area contributed by atoms with Gasteiger partial charge in [0.2, 0.25) is 5.82 Å². The number of aliphatic carboxylic acids is 1. The van der Waals surface area contributed by atoms with Gasteiger partial charge in [-0.1, -0.05) is 23.8 Å². The molecule has 25 heavy (non-hydrogen) atoms. The van der Waals surface area contributed by atoms with Crippen molar-refractivity contribution in [2.75, 3.05) is 5.32 Å². The van der Waals surface area contributed by atoms with E-state index in [1.807, 2.05) is 32.0 Å². The second kappa shape index (κ2) is 8.06. The van der Waals surface area contributed by atoms with E-state index in [1.54, 1.807) is 0 Å². The fraction of sp³-hybridized carbons (Fsp3) is 0.294. The topological polar surface area (TPSA) is 105 Å². The van der Waals surface area contributed by atoms with Crippen LogP contribution < -0.4 is 5.32 Å². The van der Waals surface area contributed by atoms with Crippen LogP contribution in [0, 0.1) is 24.0 Å². The van der Waals surface area contributed by atoms with E-state index in [4.69, 9.17) is 5.11 Å². The molecule has 0 radical (unpaired) electrons. The summed E-state index contributed by atoms with van der Waals surface area (Å²) in [5.41, 5.74) is 2.75. The zero-order chi connectivity index (χ0) is 18.6. The smallest absolute Gasteiger partial charge is 0.311 e. The van der Waals surface area contributed by atoms with E-state index in [0.29, 0.717) is 4.60 Å². The van der Waals surface area contributed by atoms with Gasteiger partial charge in [-0.05, 0) is 53.4 Å². The van der Waals surface area contributed by atoms with Gasteiger partial charge >= 0.3 is 11.7 Å². The Balaban J connectivity index is 2.43. The highest BCUT2D eigenvalue weighted by molar-refractivity contribution is 9.10. The number of nitrogens with zero attached hydrogens (tertiary/aromatic N) is 2. The molecular formula is C17H18BrN3O4. The Labute approximate surface area is 153 Å². The Bertz CT molecular complexity index is 810.